The van der Waals surface area contributed by atoms with Crippen molar-refractivity contribution in [3.8, 4) is 0 Å². The Bertz CT molecular complexity index is 876. The maximum Gasteiger partial charge on any atom is 0.471 e. The van der Waals surface area contributed by atoms with E-state index in [-0.39, 0.29) is 19.0 Å². The molecule has 1 heterocycles. The van der Waals surface area contributed by atoms with E-state index in [0.717, 1.165) is 42.5 Å². The third-order valence-electron chi connectivity index (χ3n) is 5.53. The molecular weight excluding hydrogens is 425 g/mol. The lowest BCUT2D eigenvalue weighted by Gasteiger charge is -2.33. The second kappa shape index (κ2) is 10.3. The molecule has 0 spiro atoms. The average Bonchev–Trinajstić information content (AvgIpc) is 3.16. The summed E-state index contributed by atoms with van der Waals surface area (Å²) in [7, 11) is 0. The molecule has 1 fully saturated rings. The van der Waals surface area contributed by atoms with Crippen LogP contribution in [0, 0.1) is 6.92 Å². The van der Waals surface area contributed by atoms with E-state index in [1.54, 1.807) is 36.4 Å². The molecule has 168 valence electrons. The zero-order valence-corrected chi connectivity index (χ0v) is 18.3. The Hall–Kier alpha value is -2.35. The highest BCUT2D eigenvalue weighted by Crippen LogP contribution is 2.32. The Labute approximate surface area is 184 Å². The molecule has 1 aliphatic carbocycles. The van der Waals surface area contributed by atoms with Gasteiger partial charge in [-0.05, 0) is 43.9 Å². The van der Waals surface area contributed by atoms with E-state index in [4.69, 9.17) is 0 Å². The van der Waals surface area contributed by atoms with Crippen LogP contribution in [0.25, 0.3) is 0 Å². The molecule has 2 aromatic rings. The van der Waals surface area contributed by atoms with E-state index in [1.165, 1.54) is 11.3 Å². The minimum absolute atomic E-state index is 0.0678. The van der Waals surface area contributed by atoms with Crippen molar-refractivity contribution in [3.63, 3.8) is 0 Å². The molecule has 1 saturated carbocycles. The van der Waals surface area contributed by atoms with Crippen molar-refractivity contribution >= 4 is 23.2 Å². The zero-order valence-electron chi connectivity index (χ0n) is 17.5. The van der Waals surface area contributed by atoms with Gasteiger partial charge in [-0.25, -0.2) is 0 Å². The largest absolute Gasteiger partial charge is 0.471 e. The Kier molecular flexibility index (Phi) is 7.75. The van der Waals surface area contributed by atoms with E-state index >= 15 is 0 Å². The SMILES string of the molecule is Cc1ccc([C@H](C(=O)NC2CCCCC2)N(CCc2ccccc2)C(=O)C(F)(F)F)s1. The highest BCUT2D eigenvalue weighted by atomic mass is 32.1. The molecule has 1 aliphatic rings. The minimum Gasteiger partial charge on any atom is -0.351 e. The molecule has 0 aliphatic heterocycles. The number of thiophene rings is 1. The van der Waals surface area contributed by atoms with Gasteiger partial charge in [0.2, 0.25) is 5.91 Å². The number of nitrogens with zero attached hydrogens (tertiary/aromatic N) is 1. The molecule has 8 heteroatoms. The first-order chi connectivity index (χ1) is 14.8. The molecule has 4 nitrogen and oxygen atoms in total. The first-order valence-electron chi connectivity index (χ1n) is 10.5. The van der Waals surface area contributed by atoms with Crippen LogP contribution in [-0.4, -0.2) is 35.5 Å². The number of amides is 2. The van der Waals surface area contributed by atoms with Gasteiger partial charge in [0.05, 0.1) is 0 Å². The van der Waals surface area contributed by atoms with Crippen molar-refractivity contribution in [3.05, 3.63) is 57.8 Å². The van der Waals surface area contributed by atoms with E-state index in [9.17, 15) is 22.8 Å². The average molecular weight is 453 g/mol. The summed E-state index contributed by atoms with van der Waals surface area (Å²) in [6, 6.07) is 11.0. The smallest absolute Gasteiger partial charge is 0.351 e. The first-order valence-corrected chi connectivity index (χ1v) is 11.4. The molecule has 0 saturated heterocycles. The molecule has 31 heavy (non-hydrogen) atoms. The van der Waals surface area contributed by atoms with Gasteiger partial charge in [-0.3, -0.25) is 9.59 Å². The maximum atomic E-state index is 13.5. The Morgan fingerprint density at radius 3 is 2.35 bits per heavy atom. The molecule has 3 rings (SSSR count). The molecule has 2 amide bonds. The molecule has 1 aromatic heterocycles. The van der Waals surface area contributed by atoms with E-state index < -0.39 is 24.0 Å². The van der Waals surface area contributed by atoms with Crippen LogP contribution in [0.15, 0.2) is 42.5 Å². The third-order valence-corrected chi connectivity index (χ3v) is 6.58. The fourth-order valence-electron chi connectivity index (χ4n) is 3.96. The number of hydrogen-bond acceptors (Lipinski definition) is 3. The quantitative estimate of drug-likeness (QED) is 0.629. The number of hydrogen-bond donors (Lipinski definition) is 1. The summed E-state index contributed by atoms with van der Waals surface area (Å²) in [5.41, 5.74) is 0.802. The summed E-state index contributed by atoms with van der Waals surface area (Å²) in [5, 5.41) is 2.92. The molecular formula is C23H27F3N2O2S. The first kappa shape index (κ1) is 23.3. The van der Waals surface area contributed by atoms with Gasteiger partial charge in [-0.1, -0.05) is 49.6 Å². The summed E-state index contributed by atoms with van der Waals surface area (Å²) >= 11 is 1.24. The summed E-state index contributed by atoms with van der Waals surface area (Å²) in [6.45, 7) is 1.62. The number of carbonyl (C=O) groups is 2. The number of halogens is 3. The molecule has 0 unspecified atom stereocenters. The van der Waals surface area contributed by atoms with Crippen LogP contribution in [0.2, 0.25) is 0 Å². The lowest BCUT2D eigenvalue weighted by atomic mass is 9.95. The van der Waals surface area contributed by atoms with Crippen molar-refractivity contribution in [2.75, 3.05) is 6.54 Å². The summed E-state index contributed by atoms with van der Waals surface area (Å²) in [5.74, 6) is -2.53. The van der Waals surface area contributed by atoms with Crippen LogP contribution < -0.4 is 5.32 Å². The highest BCUT2D eigenvalue weighted by Gasteiger charge is 2.47. The fourth-order valence-corrected chi connectivity index (χ4v) is 4.95. The molecule has 0 bridgehead atoms. The molecule has 1 atom stereocenters. The molecule has 1 N–H and O–H groups in total. The third kappa shape index (κ3) is 6.32. The Balaban J connectivity index is 1.90. The van der Waals surface area contributed by atoms with E-state index in [0.29, 0.717) is 9.78 Å². The van der Waals surface area contributed by atoms with Crippen LogP contribution in [-0.2, 0) is 16.0 Å². The van der Waals surface area contributed by atoms with Crippen LogP contribution in [0.5, 0.6) is 0 Å². The summed E-state index contributed by atoms with van der Waals surface area (Å²) < 4.78 is 40.5. The number of benzene rings is 1. The van der Waals surface area contributed by atoms with Gasteiger partial charge in [-0.2, -0.15) is 13.2 Å². The molecule has 1 aromatic carbocycles. The van der Waals surface area contributed by atoms with Gasteiger partial charge in [0, 0.05) is 22.3 Å². The lowest BCUT2D eigenvalue weighted by Crippen LogP contribution is -2.50. The van der Waals surface area contributed by atoms with Crippen molar-refractivity contribution in [1.29, 1.82) is 0 Å². The van der Waals surface area contributed by atoms with E-state index in [1.807, 2.05) is 13.0 Å². The second-order valence-electron chi connectivity index (χ2n) is 7.93. The monoisotopic (exact) mass is 452 g/mol. The predicted molar refractivity (Wildman–Crippen MR) is 115 cm³/mol. The minimum atomic E-state index is -5.06. The number of nitrogens with one attached hydrogen (secondary N) is 1. The van der Waals surface area contributed by atoms with Gasteiger partial charge in [0.15, 0.2) is 0 Å². The Morgan fingerprint density at radius 1 is 1.10 bits per heavy atom. The van der Waals surface area contributed by atoms with Gasteiger partial charge in [0.25, 0.3) is 0 Å². The second-order valence-corrected chi connectivity index (χ2v) is 9.25. The summed E-state index contributed by atoms with van der Waals surface area (Å²) in [4.78, 5) is 27.7. The van der Waals surface area contributed by atoms with Crippen molar-refractivity contribution in [1.82, 2.24) is 10.2 Å². The van der Waals surface area contributed by atoms with Crippen LogP contribution in [0.1, 0.15) is 53.5 Å². The number of alkyl halides is 3. The van der Waals surface area contributed by atoms with Crippen LogP contribution >= 0.6 is 11.3 Å². The van der Waals surface area contributed by atoms with Crippen molar-refractivity contribution in [2.45, 2.75) is 63.7 Å². The van der Waals surface area contributed by atoms with Gasteiger partial charge in [-0.15, -0.1) is 11.3 Å². The normalized spacial score (nSPS) is 16.0. The van der Waals surface area contributed by atoms with Gasteiger partial charge < -0.3 is 10.2 Å². The van der Waals surface area contributed by atoms with Gasteiger partial charge in [0.1, 0.15) is 6.04 Å². The predicted octanol–water partition coefficient (Wildman–Crippen LogP) is 5.18. The standard InChI is InChI=1S/C23H27F3N2O2S/c1-16-12-13-19(31-16)20(21(29)27-18-10-6-3-7-11-18)28(22(30)23(24,25)26)15-14-17-8-4-2-5-9-17/h2,4-5,8-9,12-13,18,20H,3,6-7,10-11,14-15H2,1H3,(H,27,29)/t20-/m1/s1. The molecule has 0 radical (unpaired) electrons. The van der Waals surface area contributed by atoms with Crippen LogP contribution in [0.4, 0.5) is 13.2 Å². The zero-order chi connectivity index (χ0) is 22.4. The fraction of sp³-hybridized carbons (Fsp3) is 0.478. The summed E-state index contributed by atoms with van der Waals surface area (Å²) in [6.07, 6.45) is -0.180. The maximum absolute atomic E-state index is 13.5. The highest BCUT2D eigenvalue weighted by molar-refractivity contribution is 7.12. The topological polar surface area (TPSA) is 49.4 Å². The Morgan fingerprint density at radius 2 is 1.77 bits per heavy atom. The van der Waals surface area contributed by atoms with Gasteiger partial charge >= 0.3 is 12.1 Å². The number of aryl methyl sites for hydroxylation is 1. The number of carbonyl (C=O) groups excluding carboxylic acids is 2. The number of rotatable bonds is 7. The van der Waals surface area contributed by atoms with E-state index in [2.05, 4.69) is 5.32 Å². The lowest BCUT2D eigenvalue weighted by molar-refractivity contribution is -0.188. The van der Waals surface area contributed by atoms with Crippen LogP contribution in [0.3, 0.4) is 0 Å². The van der Waals surface area contributed by atoms with Crippen molar-refractivity contribution < 1.29 is 22.8 Å². The van der Waals surface area contributed by atoms with Crippen molar-refractivity contribution in [2.24, 2.45) is 0 Å².